The molecule has 0 unspecified atom stereocenters. The van der Waals surface area contributed by atoms with Crippen LogP contribution in [-0.4, -0.2) is 25.2 Å². The molecule has 0 radical (unpaired) electrons. The van der Waals surface area contributed by atoms with E-state index in [0.29, 0.717) is 6.04 Å². The number of carbonyl (C=O) groups is 1. The molecule has 1 aliphatic rings. The van der Waals surface area contributed by atoms with Crippen molar-refractivity contribution in [3.8, 4) is 0 Å². The first-order valence-corrected chi connectivity index (χ1v) is 3.08. The van der Waals surface area contributed by atoms with Crippen molar-refractivity contribution in [2.24, 2.45) is 0 Å². The smallest absolute Gasteiger partial charge is 0.322 e. The highest BCUT2D eigenvalue weighted by atomic mass is 16.5. The molecule has 0 amide bonds. The zero-order chi connectivity index (χ0) is 6.85. The lowest BCUT2D eigenvalue weighted by atomic mass is 9.99. The molecule has 3 heteroatoms. The summed E-state index contributed by atoms with van der Waals surface area (Å²) in [5.74, 6) is -0.145. The Labute approximate surface area is 54.4 Å². The highest BCUT2D eigenvalue weighted by Crippen LogP contribution is 2.11. The van der Waals surface area contributed by atoms with E-state index >= 15 is 0 Å². The molecule has 0 spiro atoms. The lowest BCUT2D eigenvalue weighted by Gasteiger charge is -2.32. The molecule has 2 atom stereocenters. The van der Waals surface area contributed by atoms with Gasteiger partial charge in [0, 0.05) is 6.04 Å². The van der Waals surface area contributed by atoms with Crippen LogP contribution < -0.4 is 5.32 Å². The van der Waals surface area contributed by atoms with Gasteiger partial charge >= 0.3 is 5.97 Å². The predicted molar refractivity (Wildman–Crippen MR) is 33.0 cm³/mol. The number of ether oxygens (including phenoxy) is 1. The normalized spacial score (nSPS) is 33.1. The number of hydrogen-bond donors (Lipinski definition) is 1. The Morgan fingerprint density at radius 1 is 1.78 bits per heavy atom. The van der Waals surface area contributed by atoms with Crippen LogP contribution in [0.25, 0.3) is 0 Å². The molecule has 0 aromatic carbocycles. The Morgan fingerprint density at radius 3 is 2.67 bits per heavy atom. The summed E-state index contributed by atoms with van der Waals surface area (Å²) in [6.07, 6.45) is 0.909. The van der Waals surface area contributed by atoms with Crippen LogP contribution in [0.2, 0.25) is 0 Å². The molecular formula is C6H11NO2. The highest BCUT2D eigenvalue weighted by Gasteiger charge is 2.30. The van der Waals surface area contributed by atoms with Crippen LogP contribution in [0.4, 0.5) is 0 Å². The van der Waals surface area contributed by atoms with E-state index in [-0.39, 0.29) is 12.0 Å². The van der Waals surface area contributed by atoms with Gasteiger partial charge in [0.25, 0.3) is 0 Å². The summed E-state index contributed by atoms with van der Waals surface area (Å²) in [5.41, 5.74) is 0. The van der Waals surface area contributed by atoms with Gasteiger partial charge in [-0.15, -0.1) is 0 Å². The average Bonchev–Trinajstić information content (AvgIpc) is 1.79. The summed E-state index contributed by atoms with van der Waals surface area (Å²) in [6, 6.07) is 0.444. The highest BCUT2D eigenvalue weighted by molar-refractivity contribution is 5.76. The summed E-state index contributed by atoms with van der Waals surface area (Å²) in [6.45, 7) is 2.04. The minimum Gasteiger partial charge on any atom is -0.468 e. The van der Waals surface area contributed by atoms with Gasteiger partial charge in [-0.3, -0.25) is 4.79 Å². The van der Waals surface area contributed by atoms with Gasteiger partial charge in [-0.1, -0.05) is 0 Å². The first kappa shape index (κ1) is 6.55. The second kappa shape index (κ2) is 2.35. The number of rotatable bonds is 1. The monoisotopic (exact) mass is 129 g/mol. The maximum atomic E-state index is 10.7. The summed E-state index contributed by atoms with van der Waals surface area (Å²) in [7, 11) is 1.41. The molecule has 3 nitrogen and oxygen atoms in total. The summed E-state index contributed by atoms with van der Waals surface area (Å²) in [5, 5.41) is 3.02. The van der Waals surface area contributed by atoms with Crippen molar-refractivity contribution >= 4 is 5.97 Å². The Balaban J connectivity index is 2.23. The van der Waals surface area contributed by atoms with Gasteiger partial charge in [0.05, 0.1) is 7.11 Å². The minimum absolute atomic E-state index is 0.0370. The van der Waals surface area contributed by atoms with Gasteiger partial charge in [0.1, 0.15) is 6.04 Å². The van der Waals surface area contributed by atoms with E-state index in [1.165, 1.54) is 7.11 Å². The molecule has 0 aromatic rings. The third-order valence-electron chi connectivity index (χ3n) is 1.56. The molecule has 1 fully saturated rings. The van der Waals surface area contributed by atoms with Crippen LogP contribution in [0.3, 0.4) is 0 Å². The fourth-order valence-corrected chi connectivity index (χ4v) is 0.979. The zero-order valence-electron chi connectivity index (χ0n) is 5.68. The van der Waals surface area contributed by atoms with Gasteiger partial charge in [-0.25, -0.2) is 0 Å². The summed E-state index contributed by atoms with van der Waals surface area (Å²) >= 11 is 0. The lowest BCUT2D eigenvalue weighted by molar-refractivity contribution is -0.145. The summed E-state index contributed by atoms with van der Waals surface area (Å²) < 4.78 is 4.50. The van der Waals surface area contributed by atoms with E-state index in [9.17, 15) is 4.79 Å². The van der Waals surface area contributed by atoms with E-state index < -0.39 is 0 Å². The molecule has 0 saturated carbocycles. The Bertz CT molecular complexity index is 118. The average molecular weight is 129 g/mol. The van der Waals surface area contributed by atoms with Crippen molar-refractivity contribution in [2.75, 3.05) is 7.11 Å². The van der Waals surface area contributed by atoms with Crippen molar-refractivity contribution in [3.63, 3.8) is 0 Å². The van der Waals surface area contributed by atoms with Crippen LogP contribution in [0.5, 0.6) is 0 Å². The van der Waals surface area contributed by atoms with Crippen molar-refractivity contribution in [1.82, 2.24) is 5.32 Å². The standard InChI is InChI=1S/C6H11NO2/c1-4-3-5(7-4)6(8)9-2/h4-5,7H,3H2,1-2H3/t4-,5-/m0/s1. The third-order valence-corrected chi connectivity index (χ3v) is 1.56. The predicted octanol–water partition coefficient (Wildman–Crippen LogP) is -0.0902. The van der Waals surface area contributed by atoms with Crippen molar-refractivity contribution in [3.05, 3.63) is 0 Å². The first-order chi connectivity index (χ1) is 4.24. The van der Waals surface area contributed by atoms with E-state index in [1.54, 1.807) is 0 Å². The largest absolute Gasteiger partial charge is 0.468 e. The number of hydrogen-bond acceptors (Lipinski definition) is 3. The molecule has 1 heterocycles. The summed E-state index contributed by atoms with van der Waals surface area (Å²) in [4.78, 5) is 10.7. The van der Waals surface area contributed by atoms with Crippen molar-refractivity contribution in [2.45, 2.75) is 25.4 Å². The van der Waals surface area contributed by atoms with Gasteiger partial charge < -0.3 is 10.1 Å². The molecule has 1 rings (SSSR count). The second-order valence-electron chi connectivity index (χ2n) is 2.38. The number of esters is 1. The van der Waals surface area contributed by atoms with Crippen molar-refractivity contribution in [1.29, 1.82) is 0 Å². The van der Waals surface area contributed by atoms with Crippen LogP contribution in [0, 0.1) is 0 Å². The van der Waals surface area contributed by atoms with E-state index in [0.717, 1.165) is 6.42 Å². The molecule has 1 N–H and O–H groups in total. The Morgan fingerprint density at radius 2 is 2.33 bits per heavy atom. The van der Waals surface area contributed by atoms with Gasteiger partial charge in [0.2, 0.25) is 0 Å². The molecule has 0 aliphatic carbocycles. The zero-order valence-corrected chi connectivity index (χ0v) is 5.68. The molecule has 52 valence electrons. The van der Waals surface area contributed by atoms with Gasteiger partial charge in [-0.2, -0.15) is 0 Å². The third kappa shape index (κ3) is 1.21. The molecule has 1 saturated heterocycles. The Kier molecular flexibility index (Phi) is 1.71. The van der Waals surface area contributed by atoms with Crippen molar-refractivity contribution < 1.29 is 9.53 Å². The fraction of sp³-hybridized carbons (Fsp3) is 0.833. The maximum absolute atomic E-state index is 10.7. The number of carbonyl (C=O) groups excluding carboxylic acids is 1. The Hall–Kier alpha value is -0.570. The number of nitrogens with one attached hydrogen (secondary N) is 1. The van der Waals surface area contributed by atoms with E-state index in [2.05, 4.69) is 10.1 Å². The lowest BCUT2D eigenvalue weighted by Crippen LogP contribution is -2.55. The number of methoxy groups -OCH3 is 1. The molecule has 1 aliphatic heterocycles. The maximum Gasteiger partial charge on any atom is 0.322 e. The topological polar surface area (TPSA) is 38.3 Å². The second-order valence-corrected chi connectivity index (χ2v) is 2.38. The molecule has 0 aromatic heterocycles. The molecule has 9 heavy (non-hydrogen) atoms. The molecular weight excluding hydrogens is 118 g/mol. The van der Waals surface area contributed by atoms with Gasteiger partial charge in [-0.05, 0) is 13.3 Å². The fourth-order valence-electron chi connectivity index (χ4n) is 0.979. The minimum atomic E-state index is -0.145. The van der Waals surface area contributed by atoms with Crippen LogP contribution >= 0.6 is 0 Å². The van der Waals surface area contributed by atoms with Crippen LogP contribution in [0.1, 0.15) is 13.3 Å². The van der Waals surface area contributed by atoms with Gasteiger partial charge in [0.15, 0.2) is 0 Å². The SMILES string of the molecule is COC(=O)[C@@H]1C[C@H](C)N1. The van der Waals surface area contributed by atoms with E-state index in [1.807, 2.05) is 6.92 Å². The first-order valence-electron chi connectivity index (χ1n) is 3.08. The van der Waals surface area contributed by atoms with Crippen LogP contribution in [0.15, 0.2) is 0 Å². The quantitative estimate of drug-likeness (QED) is 0.503. The van der Waals surface area contributed by atoms with E-state index in [4.69, 9.17) is 0 Å². The molecule has 0 bridgehead atoms. The van der Waals surface area contributed by atoms with Crippen LogP contribution in [-0.2, 0) is 9.53 Å².